The van der Waals surface area contributed by atoms with Gasteiger partial charge in [-0.3, -0.25) is 4.31 Å². The number of benzene rings is 3. The molecule has 0 aliphatic rings. The third-order valence-corrected chi connectivity index (χ3v) is 8.74. The van der Waals surface area contributed by atoms with E-state index in [1.54, 1.807) is 13.0 Å². The lowest BCUT2D eigenvalue weighted by Crippen LogP contribution is -2.28. The first-order valence-electron chi connectivity index (χ1n) is 12.0. The summed E-state index contributed by atoms with van der Waals surface area (Å²) in [6.07, 6.45) is 0.434. The summed E-state index contributed by atoms with van der Waals surface area (Å²) in [4.78, 5) is 15.5. The second kappa shape index (κ2) is 14.6. The summed E-state index contributed by atoms with van der Waals surface area (Å²) in [5.41, 5.74) is 11.4. The summed E-state index contributed by atoms with van der Waals surface area (Å²) < 4.78 is 70.3. The van der Waals surface area contributed by atoms with Crippen LogP contribution in [0, 0.1) is 6.92 Å². The molecule has 0 fully saturated rings. The van der Waals surface area contributed by atoms with Crippen molar-refractivity contribution >= 4 is 50.2 Å². The lowest BCUT2D eigenvalue weighted by molar-refractivity contribution is 0.0600. The van der Waals surface area contributed by atoms with E-state index in [0.717, 1.165) is 10.4 Å². The average molecular weight is 643 g/mol. The Bertz CT molecular complexity index is 1630. The predicted molar refractivity (Wildman–Crippen MR) is 158 cm³/mol. The van der Waals surface area contributed by atoms with Crippen LogP contribution in [0.3, 0.4) is 0 Å². The number of esters is 1. The first kappa shape index (κ1) is 34.0. The molecule has 0 saturated heterocycles. The highest BCUT2D eigenvalue weighted by molar-refractivity contribution is 7.94. The minimum atomic E-state index is -4.62. The minimum Gasteiger partial charge on any atom is -0.493 e. The Labute approximate surface area is 250 Å². The third kappa shape index (κ3) is 8.64. The smallest absolute Gasteiger partial charge is 0.340 e. The maximum absolute atomic E-state index is 13.5. The Kier molecular flexibility index (Phi) is 11.8. The Morgan fingerprint density at radius 1 is 0.905 bits per heavy atom. The Hall–Kier alpha value is -4.21. The van der Waals surface area contributed by atoms with Gasteiger partial charge in [0.25, 0.3) is 10.0 Å². The van der Waals surface area contributed by atoms with Gasteiger partial charge >= 0.3 is 16.1 Å². The maximum atomic E-state index is 13.5. The number of oxime groups is 1. The lowest BCUT2D eigenvalue weighted by atomic mass is 10.2. The molecule has 0 aliphatic carbocycles. The molecule has 4 N–H and O–H groups in total. The van der Waals surface area contributed by atoms with Crippen molar-refractivity contribution in [1.82, 2.24) is 0 Å². The van der Waals surface area contributed by atoms with Gasteiger partial charge in [-0.1, -0.05) is 12.1 Å². The monoisotopic (exact) mass is 642 g/mol. The van der Waals surface area contributed by atoms with Crippen LogP contribution in [0.5, 0.6) is 11.5 Å². The molecule has 3 rings (SSSR count). The quantitative estimate of drug-likeness (QED) is 0.0696. The van der Waals surface area contributed by atoms with E-state index in [2.05, 4.69) is 9.89 Å². The second-order valence-electron chi connectivity index (χ2n) is 8.53. The van der Waals surface area contributed by atoms with E-state index in [9.17, 15) is 21.6 Å². The number of ether oxygens (including phenoxy) is 2. The fourth-order valence-electron chi connectivity index (χ4n) is 3.53. The highest BCUT2D eigenvalue weighted by atomic mass is 35.5. The molecular weight excluding hydrogens is 612 g/mol. The molecule has 0 heterocycles. The number of nitrogens with zero attached hydrogens (tertiary/aromatic N) is 2. The number of hydrogen-bond acceptors (Lipinski definition) is 10. The molecule has 13 nitrogen and oxygen atoms in total. The normalized spacial score (nSPS) is 11.0. The Balaban J connectivity index is 0.00000616. The molecule has 3 aromatic carbocycles. The van der Waals surface area contributed by atoms with E-state index in [1.807, 2.05) is 0 Å². The van der Waals surface area contributed by atoms with E-state index >= 15 is 0 Å². The van der Waals surface area contributed by atoms with Gasteiger partial charge in [-0.15, -0.1) is 12.4 Å². The van der Waals surface area contributed by atoms with Crippen molar-refractivity contribution in [3.8, 4) is 11.5 Å². The van der Waals surface area contributed by atoms with E-state index in [1.165, 1.54) is 68.8 Å². The minimum absolute atomic E-state index is 0. The van der Waals surface area contributed by atoms with Crippen molar-refractivity contribution in [3.63, 3.8) is 0 Å². The van der Waals surface area contributed by atoms with Crippen molar-refractivity contribution in [3.05, 3.63) is 77.9 Å². The van der Waals surface area contributed by atoms with Crippen molar-refractivity contribution in [2.24, 2.45) is 16.6 Å². The van der Waals surface area contributed by atoms with Crippen molar-refractivity contribution < 1.29 is 40.1 Å². The zero-order valence-corrected chi connectivity index (χ0v) is 25.4. The summed E-state index contributed by atoms with van der Waals surface area (Å²) in [6.45, 7) is 2.12. The summed E-state index contributed by atoms with van der Waals surface area (Å²) >= 11 is 0. The molecule has 0 aromatic heterocycles. The molecule has 42 heavy (non-hydrogen) atoms. The number of methoxy groups -OCH3 is 1. The van der Waals surface area contributed by atoms with Crippen LogP contribution >= 0.6 is 12.4 Å². The summed E-state index contributed by atoms with van der Waals surface area (Å²) in [6, 6.07) is 15.2. The molecule has 3 aromatic rings. The SMILES string of the molecule is COC(=O)c1ccc(N(C)S(=O)(=O)c2ccccc2S(=O)(=O)Oc2cc(C)cc(OCCCON=C(N)N)c2)cc1.Cl. The van der Waals surface area contributed by atoms with Gasteiger partial charge in [-0.2, -0.15) is 8.42 Å². The molecule has 0 atom stereocenters. The molecular formula is C26H31ClN4O9S2. The summed E-state index contributed by atoms with van der Waals surface area (Å²) in [7, 11) is -6.51. The number of anilines is 1. The van der Waals surface area contributed by atoms with Crippen LogP contribution in [-0.4, -0.2) is 56.1 Å². The zero-order chi connectivity index (χ0) is 30.2. The Morgan fingerprint density at radius 3 is 2.14 bits per heavy atom. The molecule has 16 heteroatoms. The number of guanidine groups is 1. The van der Waals surface area contributed by atoms with Gasteiger partial charge in [0.1, 0.15) is 27.9 Å². The number of carbonyl (C=O) groups is 1. The van der Waals surface area contributed by atoms with Gasteiger partial charge in [-0.05, 0) is 66.2 Å². The predicted octanol–water partition coefficient (Wildman–Crippen LogP) is 2.77. The largest absolute Gasteiger partial charge is 0.493 e. The average Bonchev–Trinajstić information content (AvgIpc) is 2.93. The van der Waals surface area contributed by atoms with E-state index in [4.69, 9.17) is 25.2 Å². The molecule has 0 unspecified atom stereocenters. The maximum Gasteiger partial charge on any atom is 0.340 e. The topological polar surface area (TPSA) is 190 Å². The molecule has 0 bridgehead atoms. The first-order chi connectivity index (χ1) is 19.3. The Morgan fingerprint density at radius 2 is 1.52 bits per heavy atom. The first-order valence-corrected chi connectivity index (χ1v) is 14.9. The van der Waals surface area contributed by atoms with Crippen molar-refractivity contribution in [2.45, 2.75) is 23.1 Å². The zero-order valence-electron chi connectivity index (χ0n) is 22.9. The van der Waals surface area contributed by atoms with Gasteiger partial charge < -0.3 is 30.0 Å². The molecule has 0 radical (unpaired) electrons. The van der Waals surface area contributed by atoms with E-state index < -0.39 is 35.9 Å². The summed E-state index contributed by atoms with van der Waals surface area (Å²) in [5.74, 6) is -0.538. The lowest BCUT2D eigenvalue weighted by Gasteiger charge is -2.21. The molecule has 0 amide bonds. The summed E-state index contributed by atoms with van der Waals surface area (Å²) in [5, 5.41) is 3.40. The number of rotatable bonds is 13. The van der Waals surface area contributed by atoms with Crippen LogP contribution in [0.1, 0.15) is 22.3 Å². The van der Waals surface area contributed by atoms with Gasteiger partial charge in [0, 0.05) is 19.5 Å². The van der Waals surface area contributed by atoms with Crippen LogP contribution in [0.15, 0.2) is 81.7 Å². The van der Waals surface area contributed by atoms with Gasteiger partial charge in [-0.25, -0.2) is 13.2 Å². The molecule has 0 spiro atoms. The van der Waals surface area contributed by atoms with Crippen LogP contribution in [0.4, 0.5) is 5.69 Å². The highest BCUT2D eigenvalue weighted by Crippen LogP contribution is 2.31. The van der Waals surface area contributed by atoms with Crippen LogP contribution < -0.4 is 24.7 Å². The van der Waals surface area contributed by atoms with Crippen molar-refractivity contribution in [1.29, 1.82) is 0 Å². The highest BCUT2D eigenvalue weighted by Gasteiger charge is 2.31. The van der Waals surface area contributed by atoms with Crippen molar-refractivity contribution in [2.75, 3.05) is 31.7 Å². The van der Waals surface area contributed by atoms with Gasteiger partial charge in [0.05, 0.1) is 25.0 Å². The van der Waals surface area contributed by atoms with Crippen LogP contribution in [-0.2, 0) is 29.7 Å². The van der Waals surface area contributed by atoms with Crippen LogP contribution in [0.2, 0.25) is 0 Å². The van der Waals surface area contributed by atoms with Gasteiger partial charge in [0.2, 0.25) is 5.96 Å². The third-order valence-electron chi connectivity index (χ3n) is 5.46. The number of halogens is 1. The molecule has 228 valence electrons. The number of aryl methyl sites for hydroxylation is 1. The number of carbonyl (C=O) groups excluding carboxylic acids is 1. The number of nitrogens with two attached hydrogens (primary N) is 2. The number of hydrogen-bond donors (Lipinski definition) is 2. The van der Waals surface area contributed by atoms with E-state index in [-0.39, 0.29) is 48.6 Å². The molecule has 0 aliphatic heterocycles. The fourth-order valence-corrected chi connectivity index (χ4v) is 6.42. The molecule has 0 saturated carbocycles. The van der Waals surface area contributed by atoms with Crippen LogP contribution in [0.25, 0.3) is 0 Å². The van der Waals surface area contributed by atoms with Gasteiger partial charge in [0.15, 0.2) is 0 Å². The second-order valence-corrected chi connectivity index (χ2v) is 12.0. The fraction of sp³-hybridized carbons (Fsp3) is 0.231. The van der Waals surface area contributed by atoms with E-state index in [0.29, 0.717) is 17.7 Å². The number of sulfonamides is 1. The standard InChI is InChI=1S/C26H30N4O9S2.ClH/c1-18-15-21(37-13-6-14-38-29-26(27)28)17-22(16-18)39-41(34,35)24-8-5-4-7-23(24)40(32,33)30(2)20-11-9-19(10-12-20)25(31)36-3;/h4-5,7-12,15-17H,6,13-14H2,1-3H3,(H4,27,28,29);1H.